The molecule has 31 heavy (non-hydrogen) atoms. The Kier molecular flexibility index (Phi) is 4.24. The maximum absolute atomic E-state index is 9.58. The molecule has 7 nitrogen and oxygen atoms in total. The van der Waals surface area contributed by atoms with E-state index >= 15 is 0 Å². The molecule has 1 spiro atoms. The molecule has 1 aromatic heterocycles. The quantitative estimate of drug-likeness (QED) is 0.613. The van der Waals surface area contributed by atoms with Gasteiger partial charge in [0.2, 0.25) is 0 Å². The van der Waals surface area contributed by atoms with Crippen LogP contribution in [0.5, 0.6) is 5.75 Å². The Morgan fingerprint density at radius 1 is 1.00 bits per heavy atom. The molecule has 0 amide bonds. The maximum atomic E-state index is 9.58. The third kappa shape index (κ3) is 3.08. The number of likely N-dealkylation sites (tertiary alicyclic amines) is 1. The maximum Gasteiger partial charge on any atom is 0.134 e. The standard InChI is InChI=1S/C24H26N6O/c31-19-7-5-17(6-8-19)22-18(15-26-28-22)16-29-12-9-24(10-13-29)27-21-4-2-1-3-20(21)23-25-11-14-30(23)24/h1-8,15,27,31H,9-14,16H2,(H,26,28). The van der Waals surface area contributed by atoms with Crippen molar-refractivity contribution in [1.82, 2.24) is 20.0 Å². The van der Waals surface area contributed by atoms with E-state index in [0.29, 0.717) is 0 Å². The van der Waals surface area contributed by atoms with Gasteiger partial charge in [0.05, 0.1) is 18.4 Å². The molecule has 0 radical (unpaired) electrons. The number of para-hydroxylation sites is 1. The first kappa shape index (κ1) is 18.4. The van der Waals surface area contributed by atoms with Crippen LogP contribution in [0.1, 0.15) is 24.0 Å². The number of nitrogens with one attached hydrogen (secondary N) is 2. The molecule has 1 saturated heterocycles. The van der Waals surface area contributed by atoms with Gasteiger partial charge in [-0.1, -0.05) is 12.1 Å². The summed E-state index contributed by atoms with van der Waals surface area (Å²) in [6.45, 7) is 4.75. The highest BCUT2D eigenvalue weighted by Crippen LogP contribution is 2.39. The van der Waals surface area contributed by atoms with Crippen LogP contribution in [-0.2, 0) is 6.54 Å². The fraction of sp³-hybridized carbons (Fsp3) is 0.333. The predicted octanol–water partition coefficient (Wildman–Crippen LogP) is 3.26. The van der Waals surface area contributed by atoms with E-state index in [9.17, 15) is 5.11 Å². The molecule has 3 aliphatic rings. The number of aromatic hydroxyl groups is 1. The van der Waals surface area contributed by atoms with Crippen LogP contribution < -0.4 is 5.32 Å². The van der Waals surface area contributed by atoms with Gasteiger partial charge >= 0.3 is 0 Å². The number of nitrogens with zero attached hydrogens (tertiary/aromatic N) is 4. The molecule has 3 aliphatic heterocycles. The zero-order valence-corrected chi connectivity index (χ0v) is 17.4. The third-order valence-corrected chi connectivity index (χ3v) is 6.84. The SMILES string of the molecule is Oc1ccc(-c2[nH]ncc2CN2CCC3(CC2)Nc2ccccc2C2=NCCN23)cc1. The van der Waals surface area contributed by atoms with Crippen LogP contribution in [0, 0.1) is 0 Å². The number of amidine groups is 1. The van der Waals surface area contributed by atoms with Gasteiger partial charge in [-0.05, 0) is 36.4 Å². The number of rotatable bonds is 3. The summed E-state index contributed by atoms with van der Waals surface area (Å²) in [5, 5.41) is 20.9. The average molecular weight is 415 g/mol. The number of H-pyrrole nitrogens is 1. The van der Waals surface area contributed by atoms with Gasteiger partial charge in [0.15, 0.2) is 0 Å². The van der Waals surface area contributed by atoms with Crippen molar-refractivity contribution in [2.24, 2.45) is 4.99 Å². The Hall–Kier alpha value is -3.32. The van der Waals surface area contributed by atoms with Gasteiger partial charge in [-0.3, -0.25) is 15.0 Å². The molecular weight excluding hydrogens is 388 g/mol. The van der Waals surface area contributed by atoms with Crippen LogP contribution in [0.3, 0.4) is 0 Å². The van der Waals surface area contributed by atoms with Crippen molar-refractivity contribution in [3.05, 3.63) is 65.9 Å². The van der Waals surface area contributed by atoms with Gasteiger partial charge in [0.1, 0.15) is 17.2 Å². The summed E-state index contributed by atoms with van der Waals surface area (Å²) in [4.78, 5) is 9.85. The van der Waals surface area contributed by atoms with Crippen molar-refractivity contribution < 1.29 is 5.11 Å². The first-order valence-electron chi connectivity index (χ1n) is 11.0. The molecule has 3 aromatic rings. The lowest BCUT2D eigenvalue weighted by Gasteiger charge is -2.52. The van der Waals surface area contributed by atoms with Crippen LogP contribution in [0.4, 0.5) is 5.69 Å². The normalized spacial score (nSPS) is 19.6. The van der Waals surface area contributed by atoms with Gasteiger partial charge in [-0.15, -0.1) is 0 Å². The minimum atomic E-state index is -0.0453. The van der Waals surface area contributed by atoms with E-state index in [1.807, 2.05) is 18.3 Å². The highest BCUT2D eigenvalue weighted by molar-refractivity contribution is 6.06. The Labute approximate surface area is 181 Å². The minimum absolute atomic E-state index is 0.0453. The Balaban J connectivity index is 1.20. The number of piperidine rings is 1. The van der Waals surface area contributed by atoms with Gasteiger partial charge in [-0.2, -0.15) is 5.10 Å². The second-order valence-corrected chi connectivity index (χ2v) is 8.65. The number of hydrogen-bond donors (Lipinski definition) is 3. The lowest BCUT2D eigenvalue weighted by atomic mass is 9.90. The number of fused-ring (bicyclic) bond motifs is 4. The molecule has 0 aliphatic carbocycles. The lowest BCUT2D eigenvalue weighted by molar-refractivity contribution is 0.0897. The number of phenolic OH excluding ortho intramolecular Hbond substituents is 1. The average Bonchev–Trinajstić information content (AvgIpc) is 3.47. The van der Waals surface area contributed by atoms with E-state index in [1.165, 1.54) is 16.8 Å². The predicted molar refractivity (Wildman–Crippen MR) is 121 cm³/mol. The van der Waals surface area contributed by atoms with Gasteiger partial charge in [-0.25, -0.2) is 0 Å². The number of aliphatic imine (C=N–C) groups is 1. The monoisotopic (exact) mass is 414 g/mol. The number of anilines is 1. The summed E-state index contributed by atoms with van der Waals surface area (Å²) < 4.78 is 0. The van der Waals surface area contributed by atoms with Crippen molar-refractivity contribution in [1.29, 1.82) is 0 Å². The molecule has 2 aromatic carbocycles. The number of phenols is 1. The van der Waals surface area contributed by atoms with Crippen molar-refractivity contribution in [2.45, 2.75) is 25.0 Å². The largest absolute Gasteiger partial charge is 0.508 e. The lowest BCUT2D eigenvalue weighted by Crippen LogP contribution is -2.63. The smallest absolute Gasteiger partial charge is 0.134 e. The van der Waals surface area contributed by atoms with Crippen molar-refractivity contribution in [3.8, 4) is 17.0 Å². The zero-order chi connectivity index (χ0) is 20.8. The molecule has 0 unspecified atom stereocenters. The van der Waals surface area contributed by atoms with E-state index < -0.39 is 0 Å². The number of aromatic nitrogens is 2. The van der Waals surface area contributed by atoms with Crippen molar-refractivity contribution >= 4 is 11.5 Å². The number of benzene rings is 2. The van der Waals surface area contributed by atoms with Crippen LogP contribution in [0.25, 0.3) is 11.3 Å². The summed E-state index contributed by atoms with van der Waals surface area (Å²) in [5.41, 5.74) is 5.65. The molecule has 6 rings (SSSR count). The zero-order valence-electron chi connectivity index (χ0n) is 17.4. The van der Waals surface area contributed by atoms with Crippen LogP contribution in [0.2, 0.25) is 0 Å². The van der Waals surface area contributed by atoms with E-state index in [1.54, 1.807) is 12.1 Å². The molecular formula is C24H26N6O. The molecule has 4 heterocycles. The molecule has 158 valence electrons. The fourth-order valence-corrected chi connectivity index (χ4v) is 5.23. The van der Waals surface area contributed by atoms with Crippen LogP contribution in [0.15, 0.2) is 59.7 Å². The first-order chi connectivity index (χ1) is 15.2. The molecule has 0 atom stereocenters. The second kappa shape index (κ2) is 7.13. The first-order valence-corrected chi connectivity index (χ1v) is 11.0. The van der Waals surface area contributed by atoms with E-state index in [2.05, 4.69) is 49.6 Å². The fourth-order valence-electron chi connectivity index (χ4n) is 5.23. The summed E-state index contributed by atoms with van der Waals surface area (Å²) >= 11 is 0. The van der Waals surface area contributed by atoms with Crippen LogP contribution >= 0.6 is 0 Å². The van der Waals surface area contributed by atoms with Gasteiger partial charge in [0.25, 0.3) is 0 Å². The summed E-state index contributed by atoms with van der Waals surface area (Å²) in [5.74, 6) is 1.43. The summed E-state index contributed by atoms with van der Waals surface area (Å²) in [7, 11) is 0. The minimum Gasteiger partial charge on any atom is -0.508 e. The van der Waals surface area contributed by atoms with Crippen molar-refractivity contribution in [2.75, 3.05) is 31.5 Å². The molecule has 0 saturated carbocycles. The van der Waals surface area contributed by atoms with Crippen LogP contribution in [-0.4, -0.2) is 62.8 Å². The van der Waals surface area contributed by atoms with Crippen molar-refractivity contribution in [3.63, 3.8) is 0 Å². The Bertz CT molecular complexity index is 1130. The van der Waals surface area contributed by atoms with E-state index in [0.717, 1.165) is 62.7 Å². The Morgan fingerprint density at radius 2 is 1.81 bits per heavy atom. The van der Waals surface area contributed by atoms with E-state index in [4.69, 9.17) is 4.99 Å². The highest BCUT2D eigenvalue weighted by atomic mass is 16.3. The third-order valence-electron chi connectivity index (χ3n) is 6.84. The van der Waals surface area contributed by atoms with E-state index in [-0.39, 0.29) is 11.4 Å². The molecule has 1 fully saturated rings. The van der Waals surface area contributed by atoms with Gasteiger partial charge < -0.3 is 15.3 Å². The van der Waals surface area contributed by atoms with Gasteiger partial charge in [0, 0.05) is 61.4 Å². The number of aromatic amines is 1. The number of hydrogen-bond acceptors (Lipinski definition) is 6. The highest BCUT2D eigenvalue weighted by Gasteiger charge is 2.46. The second-order valence-electron chi connectivity index (χ2n) is 8.65. The molecule has 0 bridgehead atoms. The molecule has 7 heteroatoms. The topological polar surface area (TPSA) is 79.8 Å². The molecule has 3 N–H and O–H groups in total. The summed E-state index contributed by atoms with van der Waals surface area (Å²) in [6.07, 6.45) is 4.02. The summed E-state index contributed by atoms with van der Waals surface area (Å²) in [6, 6.07) is 15.8. The Morgan fingerprint density at radius 3 is 2.65 bits per heavy atom.